The first kappa shape index (κ1) is 50.7. The molecule has 2 amide bonds. The molecule has 5 heterocycles. The number of rotatable bonds is 13. The summed E-state index contributed by atoms with van der Waals surface area (Å²) in [6.45, 7) is 4.69. The van der Waals surface area contributed by atoms with Crippen molar-refractivity contribution in [2.75, 3.05) is 103 Å². The van der Waals surface area contributed by atoms with E-state index in [0.717, 1.165) is 17.9 Å². The van der Waals surface area contributed by atoms with E-state index in [1.165, 1.54) is 13.5 Å². The summed E-state index contributed by atoms with van der Waals surface area (Å²) in [5, 5.41) is 17.4. The normalized spacial score (nSPS) is 18.3. The summed E-state index contributed by atoms with van der Waals surface area (Å²) in [5.74, 6) is 1.62. The SMILES string of the molecule is COCCOC(=O)OCC1(COC(=O)OCCCO)CSSC1.O=C(CCO)ON1C(=O)CCC1=O.O=C1OCC2(CO1)CSSC2.O=C1OCCCO1.[2H]C#C.[3H]CC. The molecule has 0 aromatic carbocycles. The second-order valence-corrected chi connectivity index (χ2v) is 16.5. The van der Waals surface area contributed by atoms with Gasteiger partial charge in [0, 0.05) is 63.8 Å². The lowest BCUT2D eigenvalue weighted by atomic mass is 9.95. The minimum absolute atomic E-state index is 0.0521. The molecule has 5 fully saturated rings. The molecule has 0 radical (unpaired) electrons. The first-order valence-electron chi connectivity index (χ1n) is 18.6. The number of ether oxygens (including phenoxy) is 9. The van der Waals surface area contributed by atoms with Gasteiger partial charge in [0.2, 0.25) is 0 Å². The second kappa shape index (κ2) is 33.4. The van der Waals surface area contributed by atoms with Crippen molar-refractivity contribution >= 4 is 85.6 Å². The Morgan fingerprint density at radius 3 is 1.74 bits per heavy atom. The monoisotopic (exact) mass is 910 g/mol. The summed E-state index contributed by atoms with van der Waals surface area (Å²) in [5.41, 5.74) is -0.338. The lowest BCUT2D eigenvalue weighted by Gasteiger charge is -2.29. The predicted octanol–water partition coefficient (Wildman–Crippen LogP) is 4.03. The van der Waals surface area contributed by atoms with E-state index >= 15 is 0 Å². The van der Waals surface area contributed by atoms with Gasteiger partial charge in [0.1, 0.15) is 34.4 Å². The highest BCUT2D eigenvalue weighted by atomic mass is 33.1. The molecule has 5 aliphatic heterocycles. The third kappa shape index (κ3) is 23.8. The van der Waals surface area contributed by atoms with Gasteiger partial charge in [-0.3, -0.25) is 9.59 Å². The van der Waals surface area contributed by atoms with Crippen LogP contribution < -0.4 is 0 Å². The van der Waals surface area contributed by atoms with E-state index in [1.54, 1.807) is 28.5 Å². The van der Waals surface area contributed by atoms with Crippen LogP contribution in [0.5, 0.6) is 0 Å². The fourth-order valence-electron chi connectivity index (χ4n) is 3.88. The number of methoxy groups -OCH3 is 1. The molecule has 5 saturated heterocycles. The molecule has 24 heteroatoms. The average Bonchev–Trinajstić information content (AvgIpc) is 3.98. The third-order valence-corrected chi connectivity index (χ3v) is 12.6. The topological polar surface area (TPSA) is 255 Å². The fourth-order valence-corrected chi connectivity index (χ4v) is 10.5. The van der Waals surface area contributed by atoms with Crippen molar-refractivity contribution < 1.29 is 94.0 Å². The summed E-state index contributed by atoms with van der Waals surface area (Å²) in [6, 6.07) is 0. The van der Waals surface area contributed by atoms with Gasteiger partial charge in [-0.25, -0.2) is 24.0 Å². The maximum atomic E-state index is 11.5. The van der Waals surface area contributed by atoms with E-state index in [2.05, 4.69) is 20.7 Å². The van der Waals surface area contributed by atoms with E-state index in [9.17, 15) is 33.6 Å². The van der Waals surface area contributed by atoms with E-state index in [4.69, 9.17) is 46.1 Å². The van der Waals surface area contributed by atoms with Crippen molar-refractivity contribution in [1.29, 1.82) is 0 Å². The Morgan fingerprint density at radius 2 is 1.29 bits per heavy atom. The molecule has 0 bridgehead atoms. The number of carbonyl (C=O) groups is 7. The van der Waals surface area contributed by atoms with Crippen LogP contribution in [-0.2, 0) is 61.9 Å². The quantitative estimate of drug-likeness (QED) is 0.0660. The predicted molar refractivity (Wildman–Crippen MR) is 212 cm³/mol. The first-order valence-corrected chi connectivity index (χ1v) is 22.4. The van der Waals surface area contributed by atoms with Crippen LogP contribution in [0.2, 0.25) is 0 Å². The highest BCUT2D eigenvalue weighted by Gasteiger charge is 2.41. The Labute approximate surface area is 355 Å². The number of terminal acetylenes is 1. The van der Waals surface area contributed by atoms with Crippen LogP contribution in [0, 0.1) is 23.7 Å². The van der Waals surface area contributed by atoms with Gasteiger partial charge in [-0.15, -0.1) is 17.9 Å². The zero-order chi connectivity index (χ0) is 45.1. The molecule has 0 aromatic heterocycles. The Balaban J connectivity index is 0.000000794. The van der Waals surface area contributed by atoms with Gasteiger partial charge in [-0.1, -0.05) is 57.0 Å². The molecule has 20 nitrogen and oxygen atoms in total. The summed E-state index contributed by atoms with van der Waals surface area (Å²) < 4.78 is 55.0. The van der Waals surface area contributed by atoms with Crippen LogP contribution in [0.25, 0.3) is 0 Å². The summed E-state index contributed by atoms with van der Waals surface area (Å²) in [4.78, 5) is 80.4. The Morgan fingerprint density at radius 1 is 0.810 bits per heavy atom. The molecule has 0 aromatic rings. The lowest BCUT2D eigenvalue weighted by Crippen LogP contribution is -2.41. The molecule has 5 aliphatic rings. The fraction of sp³-hybridized carbons (Fsp3) is 0.735. The van der Waals surface area contributed by atoms with Crippen molar-refractivity contribution in [2.24, 2.45) is 10.8 Å². The Hall–Kier alpha value is -3.47. The highest BCUT2D eigenvalue weighted by Crippen LogP contribution is 2.45. The van der Waals surface area contributed by atoms with Crippen molar-refractivity contribution in [3.05, 3.63) is 0 Å². The van der Waals surface area contributed by atoms with Crippen molar-refractivity contribution in [3.63, 3.8) is 0 Å². The molecule has 0 unspecified atom stereocenters. The minimum atomic E-state index is -0.789. The summed E-state index contributed by atoms with van der Waals surface area (Å²) in [7, 11) is 8.41. The molecule has 0 atom stereocenters. The zero-order valence-electron chi connectivity index (χ0n) is 34.3. The van der Waals surface area contributed by atoms with Crippen molar-refractivity contribution in [3.8, 4) is 12.8 Å². The van der Waals surface area contributed by atoms with Gasteiger partial charge < -0.3 is 57.7 Å². The van der Waals surface area contributed by atoms with Gasteiger partial charge in [0.25, 0.3) is 11.8 Å². The van der Waals surface area contributed by atoms with Crippen LogP contribution >= 0.6 is 43.2 Å². The van der Waals surface area contributed by atoms with Gasteiger partial charge in [-0.05, 0) is 0 Å². The van der Waals surface area contributed by atoms with Crippen LogP contribution in [0.1, 0.15) is 48.7 Å². The number of hydrogen-bond donors (Lipinski definition) is 2. The Kier molecular flexibility index (Phi) is 29.2. The van der Waals surface area contributed by atoms with Crippen molar-refractivity contribution in [1.82, 2.24) is 5.06 Å². The Bertz CT molecular complexity index is 1270. The summed E-state index contributed by atoms with van der Waals surface area (Å²) >= 11 is 0. The largest absolute Gasteiger partial charge is 0.508 e. The maximum absolute atomic E-state index is 11.5. The molecule has 0 saturated carbocycles. The van der Waals surface area contributed by atoms with Crippen LogP contribution in [-0.4, -0.2) is 160 Å². The van der Waals surface area contributed by atoms with E-state index in [1.807, 2.05) is 21.6 Å². The van der Waals surface area contributed by atoms with Crippen LogP contribution in [0.15, 0.2) is 0 Å². The van der Waals surface area contributed by atoms with Crippen LogP contribution in [0.4, 0.5) is 19.2 Å². The third-order valence-electron chi connectivity index (χ3n) is 6.88. The van der Waals surface area contributed by atoms with Gasteiger partial charge in [0.15, 0.2) is 0 Å². The molecular weight excluding hydrogens is 855 g/mol. The standard InChI is InChI=1S/C13H22O8S2.C7H9NO5.C6H8O3S2.C4H6O3.C2H6.C2H2/c1-17-5-6-19-12(16)21-8-13(9-22-23-10-13)7-20-11(15)18-4-2-3-14;9-4-3-7(12)13-8-5(10)1-2-6(8)11;7-5-8-1-6(2-9-5)3-10-11-4-6;5-4-6-2-1-3-7-4;2*1-2/h14H,2-10H2,1H3;9H,1-4H2;1-4H2;1-3H2;1-2H3;1-2H/i;;;;1T;1D. The number of cyclic esters (lactones) is 4. The van der Waals surface area contributed by atoms with Crippen molar-refractivity contribution in [2.45, 2.75) is 45.9 Å². The lowest BCUT2D eigenvalue weighted by molar-refractivity contribution is -0.197. The molecule has 58 heavy (non-hydrogen) atoms. The summed E-state index contributed by atoms with van der Waals surface area (Å²) in [6.07, 6.45) is 4.27. The number of hydrogen-bond acceptors (Lipinski definition) is 23. The van der Waals surface area contributed by atoms with E-state index in [-0.39, 0.29) is 64.3 Å². The number of aliphatic hydroxyl groups is 2. The number of carbonyl (C=O) groups excluding carboxylic acids is 7. The molecule has 1 spiro atoms. The number of aliphatic hydroxyl groups excluding tert-OH is 2. The zero-order valence-corrected chi connectivity index (χ0v) is 35.6. The minimum Gasteiger partial charge on any atom is -0.434 e. The molecular formula is C34H53NO19S4. The van der Waals surface area contributed by atoms with Gasteiger partial charge in [0.05, 0.1) is 50.3 Å². The number of nitrogens with zero attached hydrogens (tertiary/aromatic N) is 1. The molecule has 332 valence electrons. The van der Waals surface area contributed by atoms with E-state index < -0.39 is 47.8 Å². The van der Waals surface area contributed by atoms with Gasteiger partial charge in [-0.2, -0.15) is 0 Å². The molecule has 5 rings (SSSR count). The van der Waals surface area contributed by atoms with Gasteiger partial charge >= 0.3 is 30.6 Å². The molecule has 2 N–H and O–H groups in total. The molecule has 0 aliphatic carbocycles. The highest BCUT2D eigenvalue weighted by molar-refractivity contribution is 8.77. The first-order chi connectivity index (χ1) is 28.8. The second-order valence-electron chi connectivity index (χ2n) is 11.5. The average molecular weight is 911 g/mol. The maximum Gasteiger partial charge on any atom is 0.508 e. The smallest absolute Gasteiger partial charge is 0.434 e. The number of amides is 2. The number of hydroxylamine groups is 2. The number of imide groups is 1. The van der Waals surface area contributed by atoms with E-state index in [0.29, 0.717) is 62.9 Å². The van der Waals surface area contributed by atoms with Crippen LogP contribution in [0.3, 0.4) is 0 Å².